The van der Waals surface area contributed by atoms with Crippen LogP contribution in [0.1, 0.15) is 13.8 Å². The summed E-state index contributed by atoms with van der Waals surface area (Å²) in [6, 6.07) is -0.282. The molecular formula is C8H15NO6S. The van der Waals surface area contributed by atoms with E-state index in [1.165, 1.54) is 0 Å². The number of hydrogen-bond donors (Lipinski definition) is 1. The molecule has 1 aliphatic heterocycles. The smallest absolute Gasteiger partial charge is 0.412 e. The van der Waals surface area contributed by atoms with Crippen LogP contribution >= 0.6 is 0 Å². The number of carbonyl (C=O) groups is 1. The summed E-state index contributed by atoms with van der Waals surface area (Å²) in [5.74, 6) is 0. The summed E-state index contributed by atoms with van der Waals surface area (Å²) in [5, 5.41) is 8.97. The van der Waals surface area contributed by atoms with Crippen LogP contribution in [0.4, 0.5) is 4.79 Å². The van der Waals surface area contributed by atoms with Gasteiger partial charge in [0.15, 0.2) is 12.3 Å². The number of carbonyl (C=O) groups excluding carboxylic acids is 1. The van der Waals surface area contributed by atoms with Gasteiger partial charge in [-0.05, 0) is 13.8 Å². The first kappa shape index (κ1) is 13.2. The number of rotatable bonds is 4. The minimum absolute atomic E-state index is 0.282. The number of amides is 1. The molecular weight excluding hydrogens is 238 g/mol. The van der Waals surface area contributed by atoms with E-state index in [-0.39, 0.29) is 6.04 Å². The van der Waals surface area contributed by atoms with E-state index >= 15 is 0 Å². The predicted octanol–water partition coefficient (Wildman–Crippen LogP) is -0.490. The highest BCUT2D eigenvalue weighted by Crippen LogP contribution is 2.24. The minimum atomic E-state index is -3.73. The summed E-state index contributed by atoms with van der Waals surface area (Å²) in [4.78, 5) is 12.5. The molecule has 16 heavy (non-hydrogen) atoms. The highest BCUT2D eigenvalue weighted by Gasteiger charge is 2.45. The lowest BCUT2D eigenvalue weighted by Gasteiger charge is -2.25. The molecule has 1 unspecified atom stereocenters. The molecule has 7 nitrogen and oxygen atoms in total. The van der Waals surface area contributed by atoms with Crippen molar-refractivity contribution in [3.63, 3.8) is 0 Å². The number of aliphatic hydroxyl groups excluding tert-OH is 1. The van der Waals surface area contributed by atoms with Crippen molar-refractivity contribution in [2.45, 2.75) is 32.2 Å². The Morgan fingerprint density at radius 1 is 1.56 bits per heavy atom. The van der Waals surface area contributed by atoms with Crippen molar-refractivity contribution in [2.75, 3.05) is 12.9 Å². The number of cyclic esters (lactones) is 1. The molecule has 1 heterocycles. The third-order valence-electron chi connectivity index (χ3n) is 2.06. The quantitative estimate of drug-likeness (QED) is 0.679. The van der Waals surface area contributed by atoms with Gasteiger partial charge in [0, 0.05) is 6.04 Å². The van der Waals surface area contributed by atoms with Crippen LogP contribution in [0.3, 0.4) is 0 Å². The molecule has 1 N–H and O–H groups in total. The highest BCUT2D eigenvalue weighted by atomic mass is 32.2. The van der Waals surface area contributed by atoms with E-state index < -0.39 is 35.2 Å². The molecule has 8 heteroatoms. The second kappa shape index (κ2) is 4.56. The predicted molar refractivity (Wildman–Crippen MR) is 54.0 cm³/mol. The topological polar surface area (TPSA) is 93.1 Å². The van der Waals surface area contributed by atoms with Crippen molar-refractivity contribution in [2.24, 2.45) is 0 Å². The average molecular weight is 253 g/mol. The summed E-state index contributed by atoms with van der Waals surface area (Å²) < 4.78 is 31.6. The standard InChI is InChI=1S/C8H15NO6S/c1-5(2)9-7(15-16(3,12)13)6(4-10)14-8(9)11/h5-7,10H,4H2,1-3H3/t6-,7?/m0/s1. The molecule has 0 spiro atoms. The first-order valence-electron chi connectivity index (χ1n) is 4.74. The van der Waals surface area contributed by atoms with Gasteiger partial charge in [-0.3, -0.25) is 4.90 Å². The Labute approximate surface area is 94.1 Å². The molecule has 94 valence electrons. The van der Waals surface area contributed by atoms with Crippen LogP contribution in [0.25, 0.3) is 0 Å². The van der Waals surface area contributed by atoms with Crippen molar-refractivity contribution in [3.05, 3.63) is 0 Å². The first-order valence-corrected chi connectivity index (χ1v) is 6.56. The molecule has 0 saturated carbocycles. The van der Waals surface area contributed by atoms with Crippen molar-refractivity contribution >= 4 is 16.2 Å². The maximum absolute atomic E-state index is 11.4. The number of aliphatic hydroxyl groups is 1. The van der Waals surface area contributed by atoms with Crippen molar-refractivity contribution in [3.8, 4) is 0 Å². The average Bonchev–Trinajstić information content (AvgIpc) is 2.39. The van der Waals surface area contributed by atoms with E-state index in [4.69, 9.17) is 14.0 Å². The second-order valence-electron chi connectivity index (χ2n) is 3.80. The Bertz CT molecular complexity index is 365. The van der Waals surface area contributed by atoms with Gasteiger partial charge < -0.3 is 9.84 Å². The second-order valence-corrected chi connectivity index (χ2v) is 5.40. The van der Waals surface area contributed by atoms with Crippen molar-refractivity contribution < 1.29 is 27.2 Å². The fourth-order valence-electron chi connectivity index (χ4n) is 1.45. The number of nitrogens with zero attached hydrogens (tertiary/aromatic N) is 1. The lowest BCUT2D eigenvalue weighted by molar-refractivity contribution is 0.00333. The molecule has 0 aliphatic carbocycles. The maximum Gasteiger partial charge on any atom is 0.412 e. The van der Waals surface area contributed by atoms with Gasteiger partial charge in [-0.15, -0.1) is 0 Å². The summed E-state index contributed by atoms with van der Waals surface area (Å²) in [7, 11) is -3.73. The van der Waals surface area contributed by atoms with E-state index in [9.17, 15) is 13.2 Å². The molecule has 1 aliphatic rings. The van der Waals surface area contributed by atoms with Gasteiger partial charge >= 0.3 is 6.09 Å². The Morgan fingerprint density at radius 3 is 2.50 bits per heavy atom. The minimum Gasteiger partial charge on any atom is -0.439 e. The summed E-state index contributed by atoms with van der Waals surface area (Å²) >= 11 is 0. The Balaban J connectivity index is 2.93. The lowest BCUT2D eigenvalue weighted by atomic mass is 10.3. The largest absolute Gasteiger partial charge is 0.439 e. The van der Waals surface area contributed by atoms with E-state index in [2.05, 4.69) is 0 Å². The van der Waals surface area contributed by atoms with E-state index in [0.717, 1.165) is 11.2 Å². The fourth-order valence-corrected chi connectivity index (χ4v) is 2.03. The molecule has 0 aromatic carbocycles. The van der Waals surface area contributed by atoms with Gasteiger partial charge in [0.2, 0.25) is 0 Å². The van der Waals surface area contributed by atoms with Gasteiger partial charge in [0.25, 0.3) is 10.1 Å². The van der Waals surface area contributed by atoms with Gasteiger partial charge in [-0.1, -0.05) is 0 Å². The fraction of sp³-hybridized carbons (Fsp3) is 0.875. The highest BCUT2D eigenvalue weighted by molar-refractivity contribution is 7.86. The van der Waals surface area contributed by atoms with Crippen LogP contribution < -0.4 is 0 Å². The Kier molecular flexibility index (Phi) is 3.76. The van der Waals surface area contributed by atoms with Gasteiger partial charge in [0.1, 0.15) is 0 Å². The van der Waals surface area contributed by atoms with Crippen LogP contribution in [0.5, 0.6) is 0 Å². The summed E-state index contributed by atoms with van der Waals surface area (Å²) in [5.41, 5.74) is 0. The van der Waals surface area contributed by atoms with Crippen LogP contribution in [0.2, 0.25) is 0 Å². The molecule has 0 bridgehead atoms. The van der Waals surface area contributed by atoms with Crippen molar-refractivity contribution in [1.29, 1.82) is 0 Å². The molecule has 1 fully saturated rings. The Morgan fingerprint density at radius 2 is 2.12 bits per heavy atom. The number of ether oxygens (including phenoxy) is 1. The Hall–Kier alpha value is -0.860. The molecule has 1 saturated heterocycles. The zero-order chi connectivity index (χ0) is 12.5. The van der Waals surface area contributed by atoms with Crippen LogP contribution in [0, 0.1) is 0 Å². The van der Waals surface area contributed by atoms with Crippen molar-refractivity contribution in [1.82, 2.24) is 4.90 Å². The molecule has 0 radical (unpaired) electrons. The zero-order valence-corrected chi connectivity index (χ0v) is 10.1. The third-order valence-corrected chi connectivity index (χ3v) is 2.61. The van der Waals surface area contributed by atoms with Gasteiger partial charge in [0.05, 0.1) is 12.9 Å². The molecule has 1 amide bonds. The van der Waals surface area contributed by atoms with Gasteiger partial charge in [-0.25, -0.2) is 8.98 Å². The maximum atomic E-state index is 11.4. The van der Waals surface area contributed by atoms with E-state index in [0.29, 0.717) is 0 Å². The zero-order valence-electron chi connectivity index (χ0n) is 9.28. The SMILES string of the molecule is CC(C)N1C(=O)O[C@@H](CO)C1OS(C)(=O)=O. The normalized spacial score (nSPS) is 26.3. The molecule has 0 aromatic rings. The summed E-state index contributed by atoms with van der Waals surface area (Å²) in [6.45, 7) is 2.90. The monoisotopic (exact) mass is 253 g/mol. The molecule has 2 atom stereocenters. The van der Waals surface area contributed by atoms with E-state index in [1.807, 2.05) is 0 Å². The van der Waals surface area contributed by atoms with Crippen LogP contribution in [-0.4, -0.2) is 55.8 Å². The van der Waals surface area contributed by atoms with Gasteiger partial charge in [-0.2, -0.15) is 8.42 Å². The van der Waals surface area contributed by atoms with E-state index in [1.54, 1.807) is 13.8 Å². The molecule has 0 aromatic heterocycles. The lowest BCUT2D eigenvalue weighted by Crippen LogP contribution is -2.44. The van der Waals surface area contributed by atoms with Crippen LogP contribution in [-0.2, 0) is 19.0 Å². The molecule has 1 rings (SSSR count). The van der Waals surface area contributed by atoms with Crippen LogP contribution in [0.15, 0.2) is 0 Å². The third kappa shape index (κ3) is 2.83. The summed E-state index contributed by atoms with van der Waals surface area (Å²) in [6.07, 6.45) is -1.90. The first-order chi connectivity index (χ1) is 7.26. The number of hydrogen-bond acceptors (Lipinski definition) is 6.